The largest absolute Gasteiger partial charge is 0.368 e. The molecule has 8 heteroatoms. The lowest BCUT2D eigenvalue weighted by atomic mass is 10.1. The minimum Gasteiger partial charge on any atom is -0.368 e. The molecule has 2 amide bonds. The van der Waals surface area contributed by atoms with Crippen molar-refractivity contribution in [2.45, 2.75) is 13.0 Å². The zero-order valence-corrected chi connectivity index (χ0v) is 10.9. The monoisotopic (exact) mass is 315 g/mol. The van der Waals surface area contributed by atoms with Gasteiger partial charge in [0.2, 0.25) is 5.91 Å². The van der Waals surface area contributed by atoms with Crippen molar-refractivity contribution in [2.24, 2.45) is 5.73 Å². The summed E-state index contributed by atoms with van der Waals surface area (Å²) in [5, 5.41) is 13.0. The SMILES string of the molecule is CC(NC(=O)c1ccc(Br)c([N+](=O)[O-])c1)C(N)=O. The van der Waals surface area contributed by atoms with Crippen LogP contribution < -0.4 is 11.1 Å². The van der Waals surface area contributed by atoms with Crippen LogP contribution in [0.25, 0.3) is 0 Å². The first-order valence-electron chi connectivity index (χ1n) is 4.87. The molecule has 0 heterocycles. The number of nitro benzene ring substituents is 1. The number of carbonyl (C=O) groups is 2. The number of halogens is 1. The van der Waals surface area contributed by atoms with Crippen LogP contribution in [0.3, 0.4) is 0 Å². The first-order valence-corrected chi connectivity index (χ1v) is 5.66. The number of nitrogens with one attached hydrogen (secondary N) is 1. The van der Waals surface area contributed by atoms with Gasteiger partial charge in [0.05, 0.1) is 9.40 Å². The summed E-state index contributed by atoms with van der Waals surface area (Å²) < 4.78 is 0.270. The van der Waals surface area contributed by atoms with E-state index in [1.54, 1.807) is 0 Å². The summed E-state index contributed by atoms with van der Waals surface area (Å²) in [5.41, 5.74) is 4.85. The fourth-order valence-electron chi connectivity index (χ4n) is 1.14. The van der Waals surface area contributed by atoms with E-state index >= 15 is 0 Å². The van der Waals surface area contributed by atoms with Gasteiger partial charge in [-0.25, -0.2) is 0 Å². The predicted molar refractivity (Wildman–Crippen MR) is 66.9 cm³/mol. The first kappa shape index (κ1) is 14.1. The number of nitrogens with zero attached hydrogens (tertiary/aromatic N) is 1. The Kier molecular flexibility index (Phi) is 4.38. The van der Waals surface area contributed by atoms with E-state index in [4.69, 9.17) is 5.73 Å². The van der Waals surface area contributed by atoms with Gasteiger partial charge in [-0.2, -0.15) is 0 Å². The average molecular weight is 316 g/mol. The number of hydrogen-bond acceptors (Lipinski definition) is 4. The second-order valence-electron chi connectivity index (χ2n) is 3.52. The van der Waals surface area contributed by atoms with E-state index in [9.17, 15) is 19.7 Å². The summed E-state index contributed by atoms with van der Waals surface area (Å²) >= 11 is 3.01. The molecule has 0 fully saturated rings. The zero-order chi connectivity index (χ0) is 13.9. The Balaban J connectivity index is 2.97. The first-order chi connectivity index (χ1) is 8.32. The maximum absolute atomic E-state index is 11.7. The van der Waals surface area contributed by atoms with Crippen molar-refractivity contribution < 1.29 is 14.5 Å². The molecule has 0 aromatic heterocycles. The average Bonchev–Trinajstić information content (AvgIpc) is 2.28. The summed E-state index contributed by atoms with van der Waals surface area (Å²) in [4.78, 5) is 32.6. The van der Waals surface area contributed by atoms with Gasteiger partial charge >= 0.3 is 0 Å². The highest BCUT2D eigenvalue weighted by Gasteiger charge is 2.18. The maximum Gasteiger partial charge on any atom is 0.284 e. The summed E-state index contributed by atoms with van der Waals surface area (Å²) in [7, 11) is 0. The van der Waals surface area contributed by atoms with E-state index in [0.29, 0.717) is 0 Å². The van der Waals surface area contributed by atoms with E-state index in [1.807, 2.05) is 0 Å². The van der Waals surface area contributed by atoms with Crippen molar-refractivity contribution >= 4 is 33.4 Å². The van der Waals surface area contributed by atoms with Gasteiger partial charge in [-0.15, -0.1) is 0 Å². The number of primary amides is 1. The van der Waals surface area contributed by atoms with Crippen LogP contribution in [0, 0.1) is 10.1 Å². The van der Waals surface area contributed by atoms with Gasteiger partial charge in [0.25, 0.3) is 11.6 Å². The number of carbonyl (C=O) groups excluding carboxylic acids is 2. The minimum atomic E-state index is -0.847. The van der Waals surface area contributed by atoms with Gasteiger partial charge in [-0.05, 0) is 35.0 Å². The van der Waals surface area contributed by atoms with Crippen LogP contribution in [0.4, 0.5) is 5.69 Å². The highest BCUT2D eigenvalue weighted by molar-refractivity contribution is 9.10. The van der Waals surface area contributed by atoms with E-state index in [1.165, 1.54) is 19.1 Å². The molecule has 1 unspecified atom stereocenters. The Morgan fingerprint density at radius 2 is 2.11 bits per heavy atom. The second-order valence-corrected chi connectivity index (χ2v) is 4.38. The van der Waals surface area contributed by atoms with Gasteiger partial charge < -0.3 is 11.1 Å². The lowest BCUT2D eigenvalue weighted by Crippen LogP contribution is -2.42. The summed E-state index contributed by atoms with van der Waals surface area (Å²) in [6, 6.07) is 3.06. The Morgan fingerprint density at radius 1 is 1.50 bits per heavy atom. The molecule has 0 aliphatic carbocycles. The molecule has 3 N–H and O–H groups in total. The zero-order valence-electron chi connectivity index (χ0n) is 9.34. The van der Waals surface area contributed by atoms with Crippen molar-refractivity contribution in [3.8, 4) is 0 Å². The van der Waals surface area contributed by atoms with Crippen molar-refractivity contribution in [1.82, 2.24) is 5.32 Å². The Bertz CT molecular complexity index is 518. The fourth-order valence-corrected chi connectivity index (χ4v) is 1.54. The third-order valence-corrected chi connectivity index (χ3v) is 2.85. The quantitative estimate of drug-likeness (QED) is 0.636. The molecule has 0 aliphatic rings. The normalized spacial score (nSPS) is 11.7. The van der Waals surface area contributed by atoms with Crippen LogP contribution in [0.2, 0.25) is 0 Å². The molecule has 18 heavy (non-hydrogen) atoms. The molecule has 1 aromatic carbocycles. The molecule has 1 rings (SSSR count). The van der Waals surface area contributed by atoms with Crippen LogP contribution in [-0.4, -0.2) is 22.8 Å². The molecule has 0 spiro atoms. The third-order valence-electron chi connectivity index (χ3n) is 2.18. The van der Waals surface area contributed by atoms with Gasteiger partial charge in [-0.3, -0.25) is 19.7 Å². The molecule has 0 aliphatic heterocycles. The molecular formula is C10H10BrN3O4. The Hall–Kier alpha value is -1.96. The number of amides is 2. The van der Waals surface area contributed by atoms with Crippen molar-refractivity contribution in [3.05, 3.63) is 38.3 Å². The standard InChI is InChI=1S/C10H10BrN3O4/c1-5(9(12)15)13-10(16)6-2-3-7(11)8(4-6)14(17)18/h2-5H,1H3,(H2,12,15)(H,13,16). The predicted octanol–water partition coefficient (Wildman–Crippen LogP) is 0.961. The highest BCUT2D eigenvalue weighted by Crippen LogP contribution is 2.25. The van der Waals surface area contributed by atoms with Crippen molar-refractivity contribution in [1.29, 1.82) is 0 Å². The number of rotatable bonds is 4. The smallest absolute Gasteiger partial charge is 0.284 e. The van der Waals surface area contributed by atoms with Crippen LogP contribution >= 0.6 is 15.9 Å². The Morgan fingerprint density at radius 3 is 2.61 bits per heavy atom. The van der Waals surface area contributed by atoms with Gasteiger partial charge in [0.15, 0.2) is 0 Å². The van der Waals surface area contributed by atoms with Gasteiger partial charge in [0.1, 0.15) is 6.04 Å². The van der Waals surface area contributed by atoms with Crippen LogP contribution in [-0.2, 0) is 4.79 Å². The lowest BCUT2D eigenvalue weighted by Gasteiger charge is -2.10. The van der Waals surface area contributed by atoms with Crippen LogP contribution in [0.1, 0.15) is 17.3 Å². The molecule has 0 saturated carbocycles. The fraction of sp³-hybridized carbons (Fsp3) is 0.200. The molecule has 1 atom stereocenters. The van der Waals surface area contributed by atoms with Crippen molar-refractivity contribution in [2.75, 3.05) is 0 Å². The summed E-state index contributed by atoms with van der Waals surface area (Å²) in [5.74, 6) is -1.29. The molecule has 0 bridgehead atoms. The van der Waals surface area contributed by atoms with Crippen molar-refractivity contribution in [3.63, 3.8) is 0 Å². The highest BCUT2D eigenvalue weighted by atomic mass is 79.9. The van der Waals surface area contributed by atoms with E-state index < -0.39 is 22.8 Å². The number of hydrogen-bond donors (Lipinski definition) is 2. The topological polar surface area (TPSA) is 115 Å². The molecular weight excluding hydrogens is 306 g/mol. The molecule has 0 radical (unpaired) electrons. The van der Waals surface area contributed by atoms with E-state index in [-0.39, 0.29) is 15.7 Å². The van der Waals surface area contributed by atoms with Gasteiger partial charge in [-0.1, -0.05) is 0 Å². The minimum absolute atomic E-state index is 0.0815. The molecule has 0 saturated heterocycles. The van der Waals surface area contributed by atoms with Crippen LogP contribution in [0.15, 0.2) is 22.7 Å². The lowest BCUT2D eigenvalue weighted by molar-refractivity contribution is -0.385. The number of nitro groups is 1. The molecule has 1 aromatic rings. The molecule has 7 nitrogen and oxygen atoms in total. The Labute approximate surface area is 111 Å². The summed E-state index contributed by atoms with van der Waals surface area (Å²) in [6.07, 6.45) is 0. The van der Waals surface area contributed by atoms with E-state index in [2.05, 4.69) is 21.2 Å². The number of benzene rings is 1. The van der Waals surface area contributed by atoms with Gasteiger partial charge in [0, 0.05) is 11.6 Å². The second kappa shape index (κ2) is 5.58. The van der Waals surface area contributed by atoms with E-state index in [0.717, 1.165) is 6.07 Å². The number of nitrogens with two attached hydrogens (primary N) is 1. The maximum atomic E-state index is 11.7. The third kappa shape index (κ3) is 3.27. The summed E-state index contributed by atoms with van der Waals surface area (Å²) in [6.45, 7) is 1.42. The van der Waals surface area contributed by atoms with Crippen LogP contribution in [0.5, 0.6) is 0 Å². The molecule has 96 valence electrons.